The number of nitrogens with one attached hydrogen (secondary N) is 2. The summed E-state index contributed by atoms with van der Waals surface area (Å²) in [6.07, 6.45) is 5.51. The normalized spacial score (nSPS) is 10.6. The zero-order valence-corrected chi connectivity index (χ0v) is 19.7. The molecule has 0 atom stereocenters. The summed E-state index contributed by atoms with van der Waals surface area (Å²) in [6.45, 7) is 0.863. The van der Waals surface area contributed by atoms with Gasteiger partial charge in [-0.3, -0.25) is 14.5 Å². The Balaban J connectivity index is 1.62. The Bertz CT molecular complexity index is 1430. The largest absolute Gasteiger partial charge is 0.369 e. The van der Waals surface area contributed by atoms with E-state index in [1.807, 2.05) is 12.1 Å². The molecular weight excluding hydrogens is 459 g/mol. The molecule has 4 rings (SSSR count). The number of anilines is 1. The van der Waals surface area contributed by atoms with Crippen molar-refractivity contribution in [2.75, 3.05) is 11.9 Å². The number of hydrogen-bond acceptors (Lipinski definition) is 7. The minimum Gasteiger partial charge on any atom is -0.369 e. The van der Waals surface area contributed by atoms with Gasteiger partial charge >= 0.3 is 0 Å². The number of nitrogens with zero attached hydrogens (tertiary/aromatic N) is 5. The van der Waals surface area contributed by atoms with Crippen LogP contribution in [-0.4, -0.2) is 32.2 Å². The van der Waals surface area contributed by atoms with E-state index in [2.05, 4.69) is 31.8 Å². The summed E-state index contributed by atoms with van der Waals surface area (Å²) in [5.74, 6) is -0.404. The Labute approximate surface area is 207 Å². The topological polar surface area (TPSA) is 135 Å². The summed E-state index contributed by atoms with van der Waals surface area (Å²) in [6, 6.07) is 13.6. The second-order valence-corrected chi connectivity index (χ2v) is 8.10. The van der Waals surface area contributed by atoms with Gasteiger partial charge in [-0.05, 0) is 41.8 Å². The summed E-state index contributed by atoms with van der Waals surface area (Å²) >= 11 is 0. The number of aromatic nitrogens is 4. The summed E-state index contributed by atoms with van der Waals surface area (Å²) in [4.78, 5) is 22.1. The number of halogens is 1. The van der Waals surface area contributed by atoms with Gasteiger partial charge in [-0.1, -0.05) is 18.2 Å². The molecule has 0 bridgehead atoms. The van der Waals surface area contributed by atoms with E-state index >= 15 is 0 Å². The molecule has 0 saturated carbocycles. The smallest absolute Gasteiger partial charge is 0.255 e. The van der Waals surface area contributed by atoms with Gasteiger partial charge in [0.05, 0.1) is 28.7 Å². The van der Waals surface area contributed by atoms with Gasteiger partial charge in [0.2, 0.25) is 0 Å². The highest BCUT2D eigenvalue weighted by Gasteiger charge is 2.19. The van der Waals surface area contributed by atoms with Crippen molar-refractivity contribution in [2.45, 2.75) is 19.5 Å². The van der Waals surface area contributed by atoms with Gasteiger partial charge in [-0.15, -0.1) is 0 Å². The molecule has 0 fully saturated rings. The van der Waals surface area contributed by atoms with Crippen LogP contribution in [0.3, 0.4) is 0 Å². The monoisotopic (exact) mass is 484 g/mol. The Morgan fingerprint density at radius 1 is 1.25 bits per heavy atom. The van der Waals surface area contributed by atoms with Crippen molar-refractivity contribution < 1.29 is 9.18 Å². The van der Waals surface area contributed by atoms with Crippen LogP contribution in [0.1, 0.15) is 32.7 Å². The second kappa shape index (κ2) is 11.2. The molecule has 0 saturated heterocycles. The van der Waals surface area contributed by atoms with E-state index in [9.17, 15) is 14.4 Å². The maximum Gasteiger partial charge on any atom is 0.255 e. The van der Waals surface area contributed by atoms with Crippen LogP contribution in [0.15, 0.2) is 61.1 Å². The van der Waals surface area contributed by atoms with Gasteiger partial charge in [0, 0.05) is 44.6 Å². The third kappa shape index (κ3) is 5.71. The fraction of sp³-hybridized carbons (Fsp3) is 0.192. The van der Waals surface area contributed by atoms with E-state index in [1.54, 1.807) is 42.5 Å². The molecule has 1 aromatic carbocycles. The van der Waals surface area contributed by atoms with Gasteiger partial charge in [0.15, 0.2) is 0 Å². The number of nitriles is 1. The predicted molar refractivity (Wildman–Crippen MR) is 133 cm³/mol. The van der Waals surface area contributed by atoms with E-state index in [0.29, 0.717) is 35.7 Å². The average Bonchev–Trinajstić information content (AvgIpc) is 3.33. The van der Waals surface area contributed by atoms with Crippen LogP contribution in [0.4, 0.5) is 10.2 Å². The second-order valence-electron chi connectivity index (χ2n) is 8.10. The lowest BCUT2D eigenvalue weighted by molar-refractivity contribution is 0.0951. The van der Waals surface area contributed by atoms with Crippen molar-refractivity contribution in [3.63, 3.8) is 0 Å². The summed E-state index contributed by atoms with van der Waals surface area (Å²) in [7, 11) is 1.77. The highest BCUT2D eigenvalue weighted by Crippen LogP contribution is 2.26. The van der Waals surface area contributed by atoms with E-state index in [-0.39, 0.29) is 30.0 Å². The first-order chi connectivity index (χ1) is 17.5. The summed E-state index contributed by atoms with van der Waals surface area (Å²) < 4.78 is 15.2. The molecule has 3 heterocycles. The molecule has 36 heavy (non-hydrogen) atoms. The van der Waals surface area contributed by atoms with Crippen LogP contribution < -0.4 is 16.4 Å². The fourth-order valence-electron chi connectivity index (χ4n) is 3.77. The average molecular weight is 485 g/mol. The minimum atomic E-state index is -0.406. The first kappa shape index (κ1) is 24.5. The lowest BCUT2D eigenvalue weighted by atomic mass is 10.1. The number of amides is 1. The van der Waals surface area contributed by atoms with Crippen LogP contribution in [0.2, 0.25) is 0 Å². The molecule has 0 spiro atoms. The Morgan fingerprint density at radius 2 is 2.11 bits per heavy atom. The molecule has 0 aliphatic heterocycles. The van der Waals surface area contributed by atoms with Crippen LogP contribution in [0.25, 0.3) is 11.3 Å². The number of nitrogens with two attached hydrogens (primary N) is 1. The quantitative estimate of drug-likeness (QED) is 0.332. The third-order valence-corrected chi connectivity index (χ3v) is 5.58. The number of benzene rings is 1. The molecule has 0 radical (unpaired) electrons. The van der Waals surface area contributed by atoms with Gasteiger partial charge in [0.1, 0.15) is 17.7 Å². The zero-order valence-electron chi connectivity index (χ0n) is 19.7. The zero-order chi connectivity index (χ0) is 25.5. The van der Waals surface area contributed by atoms with E-state index in [0.717, 1.165) is 11.1 Å². The summed E-state index contributed by atoms with van der Waals surface area (Å²) in [5, 5.41) is 20.0. The number of hydrogen-bond donors (Lipinski definition) is 3. The number of pyridine rings is 2. The molecule has 4 N–H and O–H groups in total. The van der Waals surface area contributed by atoms with Crippen molar-refractivity contribution >= 4 is 11.7 Å². The number of carbonyl (C=O) groups excluding carboxylic acids is 1. The van der Waals surface area contributed by atoms with Crippen LogP contribution in [0.5, 0.6) is 0 Å². The minimum absolute atomic E-state index is 0.216. The highest BCUT2D eigenvalue weighted by molar-refractivity contribution is 5.99. The maximum absolute atomic E-state index is 13.6. The molecule has 10 heteroatoms. The fourth-order valence-corrected chi connectivity index (χ4v) is 3.77. The summed E-state index contributed by atoms with van der Waals surface area (Å²) in [5.41, 5.74) is 9.57. The molecule has 0 unspecified atom stereocenters. The first-order valence-electron chi connectivity index (χ1n) is 11.3. The molecule has 0 aliphatic rings. The lowest BCUT2D eigenvalue weighted by Gasteiger charge is -2.15. The molecule has 9 nitrogen and oxygen atoms in total. The number of rotatable bonds is 9. The van der Waals surface area contributed by atoms with Gasteiger partial charge < -0.3 is 16.4 Å². The first-order valence-corrected chi connectivity index (χ1v) is 11.3. The highest BCUT2D eigenvalue weighted by atomic mass is 19.1. The molecule has 3 aromatic heterocycles. The molecular formula is C26H25FN8O. The van der Waals surface area contributed by atoms with E-state index in [4.69, 9.17) is 5.73 Å². The third-order valence-electron chi connectivity index (χ3n) is 5.58. The molecule has 4 aromatic rings. The van der Waals surface area contributed by atoms with E-state index < -0.39 is 5.91 Å². The Hall–Kier alpha value is -4.62. The maximum atomic E-state index is 13.6. The van der Waals surface area contributed by atoms with Crippen molar-refractivity contribution in [1.29, 1.82) is 5.26 Å². The van der Waals surface area contributed by atoms with Gasteiger partial charge in [-0.2, -0.15) is 10.4 Å². The van der Waals surface area contributed by atoms with Crippen molar-refractivity contribution in [2.24, 2.45) is 12.8 Å². The molecule has 182 valence electrons. The van der Waals surface area contributed by atoms with E-state index in [1.165, 1.54) is 18.2 Å². The SMILES string of the molecule is Cn1cc(-c2nc(NCCc3cccc(F)c3)c(C(=O)NCc3cccnc3CN)cc2C#N)cn1. The number of carbonyl (C=O) groups is 1. The molecule has 0 aliphatic carbocycles. The van der Waals surface area contributed by atoms with Crippen LogP contribution in [-0.2, 0) is 26.6 Å². The van der Waals surface area contributed by atoms with Crippen molar-refractivity contribution in [1.82, 2.24) is 25.1 Å². The van der Waals surface area contributed by atoms with Gasteiger partial charge in [0.25, 0.3) is 5.91 Å². The van der Waals surface area contributed by atoms with Crippen molar-refractivity contribution in [3.05, 3.63) is 94.8 Å². The van der Waals surface area contributed by atoms with Crippen molar-refractivity contribution in [3.8, 4) is 17.3 Å². The Kier molecular flexibility index (Phi) is 7.63. The number of aryl methyl sites for hydroxylation is 1. The predicted octanol–water partition coefficient (Wildman–Crippen LogP) is 2.93. The standard InChI is InChI=1S/C26H25FN8O/c1-35-16-20(15-33-35)24-19(12-28)11-22(26(36)32-14-18-5-3-8-30-23(18)13-29)25(34-24)31-9-7-17-4-2-6-21(27)10-17/h2-6,8,10-11,15-16H,7,9,13-14,29H2,1H3,(H,31,34)(H,32,36). The van der Waals surface area contributed by atoms with Crippen LogP contribution in [0, 0.1) is 17.1 Å². The molecule has 1 amide bonds. The van der Waals surface area contributed by atoms with Crippen LogP contribution >= 0.6 is 0 Å². The van der Waals surface area contributed by atoms with Gasteiger partial charge in [-0.25, -0.2) is 9.37 Å². The Morgan fingerprint density at radius 3 is 2.83 bits per heavy atom. The lowest BCUT2D eigenvalue weighted by Crippen LogP contribution is -2.26.